The van der Waals surface area contributed by atoms with Crippen molar-refractivity contribution in [3.05, 3.63) is 83.9 Å². The summed E-state index contributed by atoms with van der Waals surface area (Å²) in [6.07, 6.45) is 18.4. The second-order valence-electron chi connectivity index (χ2n) is 12.7. The van der Waals surface area contributed by atoms with Crippen LogP contribution >= 0.6 is 12.2 Å². The lowest BCUT2D eigenvalue weighted by Gasteiger charge is -2.38. The van der Waals surface area contributed by atoms with Gasteiger partial charge in [0.1, 0.15) is 0 Å². The molecule has 2 saturated heterocycles. The Kier molecular flexibility index (Phi) is 13.4. The van der Waals surface area contributed by atoms with Crippen molar-refractivity contribution in [2.24, 2.45) is 5.92 Å². The van der Waals surface area contributed by atoms with E-state index in [1.54, 1.807) is 4.90 Å². The van der Waals surface area contributed by atoms with Gasteiger partial charge in [-0.25, -0.2) is 0 Å². The molecule has 44 heavy (non-hydrogen) atoms. The van der Waals surface area contributed by atoms with Crippen molar-refractivity contribution in [1.82, 2.24) is 4.90 Å². The molecule has 5 nitrogen and oxygen atoms in total. The molecule has 0 aromatic heterocycles. The molecule has 6 heteroatoms. The third-order valence-corrected chi connectivity index (χ3v) is 9.34. The first-order chi connectivity index (χ1) is 21.4. The Balaban J connectivity index is 1.26. The number of nitrogens with zero attached hydrogens (tertiary/aromatic N) is 1. The minimum atomic E-state index is -0.852. The quantitative estimate of drug-likeness (QED) is 0.0945. The number of carbonyl (C=O) groups is 1. The zero-order valence-corrected chi connectivity index (χ0v) is 28.0. The zero-order chi connectivity index (χ0) is 31.3. The molecular formula is C38H53NO4S. The number of unbranched alkanes of at least 4 members (excludes halogenated alkanes) is 8. The van der Waals surface area contributed by atoms with E-state index >= 15 is 0 Å². The highest BCUT2D eigenvalue weighted by atomic mass is 32.1. The Labute approximate surface area is 271 Å². The number of hydrogen-bond donors (Lipinski definition) is 0. The van der Waals surface area contributed by atoms with Crippen LogP contribution in [-0.2, 0) is 24.6 Å². The van der Waals surface area contributed by atoms with Crippen LogP contribution in [0.2, 0.25) is 0 Å². The summed E-state index contributed by atoms with van der Waals surface area (Å²) in [4.78, 5) is 15.4. The third-order valence-electron chi connectivity index (χ3n) is 9.06. The molecule has 0 radical (unpaired) electrons. The van der Waals surface area contributed by atoms with Gasteiger partial charge in [-0.15, -0.1) is 0 Å². The number of benzene rings is 2. The Morgan fingerprint density at radius 3 is 1.93 bits per heavy atom. The number of amides is 1. The van der Waals surface area contributed by atoms with Crippen molar-refractivity contribution in [2.75, 3.05) is 13.2 Å². The maximum absolute atomic E-state index is 13.7. The van der Waals surface area contributed by atoms with Gasteiger partial charge in [0, 0.05) is 30.4 Å². The lowest BCUT2D eigenvalue weighted by molar-refractivity contribution is -0.168. The first-order valence-corrected chi connectivity index (χ1v) is 17.4. The third kappa shape index (κ3) is 8.58. The topological polar surface area (TPSA) is 48.0 Å². The lowest BCUT2D eigenvalue weighted by Crippen LogP contribution is -2.49. The second kappa shape index (κ2) is 17.2. The molecule has 2 aromatic carbocycles. The fourth-order valence-electron chi connectivity index (χ4n) is 6.88. The fraction of sp³-hybridized carbons (Fsp3) is 0.579. The molecule has 2 aliphatic heterocycles. The molecular weight excluding hydrogens is 566 g/mol. The maximum Gasteiger partial charge on any atom is 0.267 e. The van der Waals surface area contributed by atoms with Gasteiger partial charge in [0.2, 0.25) is 5.91 Å². The van der Waals surface area contributed by atoms with E-state index in [1.165, 1.54) is 44.9 Å². The predicted molar refractivity (Wildman–Crippen MR) is 182 cm³/mol. The average molecular weight is 620 g/mol. The monoisotopic (exact) mass is 619 g/mol. The number of carbonyl (C=O) groups excluding carboxylic acids is 1. The van der Waals surface area contributed by atoms with Crippen LogP contribution < -0.4 is 0 Å². The molecule has 0 bridgehead atoms. The van der Waals surface area contributed by atoms with Crippen molar-refractivity contribution >= 4 is 23.3 Å². The number of rotatable bonds is 18. The van der Waals surface area contributed by atoms with Crippen LogP contribution in [-0.4, -0.2) is 41.0 Å². The highest BCUT2D eigenvalue weighted by Crippen LogP contribution is 2.47. The molecule has 1 atom stereocenters. The Morgan fingerprint density at radius 2 is 1.39 bits per heavy atom. The molecule has 2 heterocycles. The van der Waals surface area contributed by atoms with E-state index in [0.29, 0.717) is 6.42 Å². The molecule has 240 valence electrons. The van der Waals surface area contributed by atoms with Crippen molar-refractivity contribution < 1.29 is 19.0 Å². The second-order valence-corrected chi connectivity index (χ2v) is 13.0. The summed E-state index contributed by atoms with van der Waals surface area (Å²) in [5, 5.41) is 0.253. The summed E-state index contributed by atoms with van der Waals surface area (Å²) in [5.41, 5.74) is 1.15. The van der Waals surface area contributed by atoms with Crippen LogP contribution in [0.15, 0.2) is 72.8 Å². The zero-order valence-electron chi connectivity index (χ0n) is 27.2. The first kappa shape index (κ1) is 34.3. The molecule has 1 amide bonds. The molecule has 0 aliphatic carbocycles. The van der Waals surface area contributed by atoms with Gasteiger partial charge in [0.05, 0.1) is 19.3 Å². The van der Waals surface area contributed by atoms with E-state index in [1.807, 2.05) is 42.5 Å². The van der Waals surface area contributed by atoms with E-state index in [4.69, 9.17) is 26.4 Å². The smallest absolute Gasteiger partial charge is 0.267 e. The van der Waals surface area contributed by atoms with E-state index in [9.17, 15) is 4.79 Å². The molecule has 2 fully saturated rings. The minimum absolute atomic E-state index is 0.0183. The van der Waals surface area contributed by atoms with E-state index < -0.39 is 5.60 Å². The van der Waals surface area contributed by atoms with E-state index in [2.05, 4.69) is 51.1 Å². The van der Waals surface area contributed by atoms with Gasteiger partial charge < -0.3 is 14.2 Å². The number of allylic oxidation sites excluding steroid dienone is 1. The lowest BCUT2D eigenvalue weighted by atomic mass is 9.75. The molecule has 4 rings (SSSR count). The maximum atomic E-state index is 13.7. The molecule has 0 spiro atoms. The van der Waals surface area contributed by atoms with Gasteiger partial charge in [-0.2, -0.15) is 0 Å². The van der Waals surface area contributed by atoms with Gasteiger partial charge in [0.25, 0.3) is 5.17 Å². The van der Waals surface area contributed by atoms with Crippen LogP contribution in [0, 0.1) is 5.92 Å². The Bertz CT molecular complexity index is 1140. The van der Waals surface area contributed by atoms with Crippen molar-refractivity contribution in [2.45, 2.75) is 122 Å². The Morgan fingerprint density at radius 1 is 0.841 bits per heavy atom. The van der Waals surface area contributed by atoms with Crippen molar-refractivity contribution in [3.8, 4) is 0 Å². The Hall–Kier alpha value is -2.54. The largest absolute Gasteiger partial charge is 0.452 e. The summed E-state index contributed by atoms with van der Waals surface area (Å²) >= 11 is 5.75. The number of thiocarbonyl (C=S) groups is 1. The normalized spacial score (nSPS) is 19.2. The minimum Gasteiger partial charge on any atom is -0.452 e. The van der Waals surface area contributed by atoms with Crippen LogP contribution in [0.3, 0.4) is 0 Å². The van der Waals surface area contributed by atoms with Gasteiger partial charge in [-0.1, -0.05) is 132 Å². The molecule has 0 saturated carbocycles. The SMILES string of the molecule is CCCCCCCC1(CCCCCCC=CCC(=O)N2C(=S)OC(c3ccccc3)(c3ccccc3)C2C(C)C)OCCO1. The van der Waals surface area contributed by atoms with Gasteiger partial charge in [-0.3, -0.25) is 9.69 Å². The predicted octanol–water partition coefficient (Wildman–Crippen LogP) is 9.49. The summed E-state index contributed by atoms with van der Waals surface area (Å²) in [6.45, 7) is 7.98. The number of ether oxygens (including phenoxy) is 3. The van der Waals surface area contributed by atoms with Gasteiger partial charge in [-0.05, 0) is 43.8 Å². The first-order valence-electron chi connectivity index (χ1n) is 17.0. The highest BCUT2D eigenvalue weighted by molar-refractivity contribution is 7.80. The fourth-order valence-corrected chi connectivity index (χ4v) is 7.23. The summed E-state index contributed by atoms with van der Waals surface area (Å²) < 4.78 is 18.7. The van der Waals surface area contributed by atoms with Gasteiger partial charge in [0.15, 0.2) is 11.4 Å². The van der Waals surface area contributed by atoms with Crippen molar-refractivity contribution in [1.29, 1.82) is 0 Å². The average Bonchev–Trinajstić information content (AvgIpc) is 3.64. The van der Waals surface area contributed by atoms with Crippen molar-refractivity contribution in [3.63, 3.8) is 0 Å². The highest BCUT2D eigenvalue weighted by Gasteiger charge is 2.57. The molecule has 0 N–H and O–H groups in total. The van der Waals surface area contributed by atoms with Crippen LogP contribution in [0.25, 0.3) is 0 Å². The van der Waals surface area contributed by atoms with Crippen LogP contribution in [0.1, 0.15) is 115 Å². The summed E-state index contributed by atoms with van der Waals surface area (Å²) in [6, 6.07) is 20.1. The van der Waals surface area contributed by atoms with Crippen LogP contribution in [0.4, 0.5) is 0 Å². The van der Waals surface area contributed by atoms with Gasteiger partial charge >= 0.3 is 0 Å². The molecule has 1 unspecified atom stereocenters. The van der Waals surface area contributed by atoms with E-state index in [0.717, 1.165) is 56.4 Å². The number of hydrogen-bond acceptors (Lipinski definition) is 5. The standard InChI is InChI=1S/C38H53NO4S/c1-4-5-6-11-20-27-37(41-29-30-42-37)28-21-12-9-7-8-10-19-26-34(40)39-35(31(2)3)38(43-36(39)44,32-22-15-13-16-23-32)33-24-17-14-18-25-33/h10,13-19,22-25,31,35H,4-9,11-12,20-21,26-30H2,1-3H3. The summed E-state index contributed by atoms with van der Waals surface area (Å²) in [7, 11) is 0. The molecule has 2 aliphatic rings. The summed E-state index contributed by atoms with van der Waals surface area (Å²) in [5.74, 6) is -0.238. The van der Waals surface area contributed by atoms with Crippen LogP contribution in [0.5, 0.6) is 0 Å². The van der Waals surface area contributed by atoms with E-state index in [-0.39, 0.29) is 28.8 Å². The molecule has 2 aromatic rings.